The Bertz CT molecular complexity index is 78.6. The second-order valence-electron chi connectivity index (χ2n) is 3.19. The molecule has 1 heterocycles. The van der Waals surface area contributed by atoms with E-state index in [1.54, 1.807) is 0 Å². The van der Waals surface area contributed by atoms with Crippen molar-refractivity contribution in [3.63, 3.8) is 0 Å². The van der Waals surface area contributed by atoms with Crippen LogP contribution in [-0.2, 0) is 0 Å². The predicted molar refractivity (Wildman–Crippen MR) is 40.5 cm³/mol. The highest BCUT2D eigenvalue weighted by Gasteiger charge is 2.16. The fourth-order valence-corrected chi connectivity index (χ4v) is 1.55. The van der Waals surface area contributed by atoms with Gasteiger partial charge < -0.3 is 4.90 Å². The summed E-state index contributed by atoms with van der Waals surface area (Å²) < 4.78 is 0. The van der Waals surface area contributed by atoms with Gasteiger partial charge in [-0.2, -0.15) is 0 Å². The number of nitrogens with zero attached hydrogens (tertiary/aromatic N) is 1. The zero-order chi connectivity index (χ0) is 6.69. The molecular formula is C8H17N. The van der Waals surface area contributed by atoms with Crippen molar-refractivity contribution in [1.29, 1.82) is 0 Å². The molecule has 1 heteroatoms. The van der Waals surface area contributed by atoms with E-state index in [0.29, 0.717) is 0 Å². The molecule has 0 saturated carbocycles. The molecule has 1 aliphatic rings. The molecule has 1 atom stereocenters. The first-order valence-electron chi connectivity index (χ1n) is 4.05. The van der Waals surface area contributed by atoms with Gasteiger partial charge in [0.25, 0.3) is 0 Å². The highest BCUT2D eigenvalue weighted by atomic mass is 15.1. The second kappa shape index (κ2) is 3.21. The average molecular weight is 127 g/mol. The number of likely N-dealkylation sites (tertiary alicyclic amines) is 1. The lowest BCUT2D eigenvalue weighted by atomic mass is 10.2. The number of hydrogen-bond donors (Lipinski definition) is 0. The minimum atomic E-state index is 0.955. The highest BCUT2D eigenvalue weighted by Crippen LogP contribution is 2.14. The quantitative estimate of drug-likeness (QED) is 0.546. The van der Waals surface area contributed by atoms with E-state index in [9.17, 15) is 0 Å². The lowest BCUT2D eigenvalue weighted by Crippen LogP contribution is -2.20. The van der Waals surface area contributed by atoms with Crippen molar-refractivity contribution in [2.75, 3.05) is 19.6 Å². The summed E-state index contributed by atoms with van der Waals surface area (Å²) in [5.41, 5.74) is 0. The molecule has 1 rings (SSSR count). The van der Waals surface area contributed by atoms with Gasteiger partial charge in [-0.05, 0) is 31.8 Å². The van der Waals surface area contributed by atoms with Gasteiger partial charge in [0.05, 0.1) is 0 Å². The minimum absolute atomic E-state index is 0.955. The lowest BCUT2D eigenvalue weighted by molar-refractivity contribution is 0.328. The van der Waals surface area contributed by atoms with Crippen LogP contribution in [0.15, 0.2) is 0 Å². The van der Waals surface area contributed by atoms with E-state index in [2.05, 4.69) is 18.7 Å². The van der Waals surface area contributed by atoms with Crippen LogP contribution < -0.4 is 0 Å². The van der Waals surface area contributed by atoms with E-state index >= 15 is 0 Å². The zero-order valence-corrected chi connectivity index (χ0v) is 6.56. The summed E-state index contributed by atoms with van der Waals surface area (Å²) in [5.74, 6) is 0.955. The Morgan fingerprint density at radius 3 is 2.78 bits per heavy atom. The molecule has 0 radical (unpaired) electrons. The Morgan fingerprint density at radius 1 is 1.56 bits per heavy atom. The number of hydrogen-bond acceptors (Lipinski definition) is 1. The summed E-state index contributed by atoms with van der Waals surface area (Å²) in [5, 5.41) is 0. The Hall–Kier alpha value is -0.0400. The van der Waals surface area contributed by atoms with Crippen molar-refractivity contribution >= 4 is 0 Å². The van der Waals surface area contributed by atoms with Crippen LogP contribution in [0.4, 0.5) is 0 Å². The summed E-state index contributed by atoms with van der Waals surface area (Å²) in [6.07, 6.45) is 2.73. The van der Waals surface area contributed by atoms with Gasteiger partial charge in [-0.1, -0.05) is 13.8 Å². The summed E-state index contributed by atoms with van der Waals surface area (Å²) in [4.78, 5) is 2.56. The molecule has 0 bridgehead atoms. The minimum Gasteiger partial charge on any atom is -0.303 e. The number of rotatable bonds is 2. The fourth-order valence-electron chi connectivity index (χ4n) is 1.55. The van der Waals surface area contributed by atoms with Crippen LogP contribution in [-0.4, -0.2) is 24.5 Å². The largest absolute Gasteiger partial charge is 0.303 e. The summed E-state index contributed by atoms with van der Waals surface area (Å²) in [6.45, 7) is 8.59. The molecule has 0 aromatic rings. The predicted octanol–water partition coefficient (Wildman–Crippen LogP) is 1.74. The standard InChI is InChI=1S/C8H17N/c1-3-5-9-6-4-8(2)7-9/h8H,3-7H2,1-2H3/t8-/m0/s1. The maximum Gasteiger partial charge on any atom is 0.000749 e. The molecule has 1 fully saturated rings. The van der Waals surface area contributed by atoms with Gasteiger partial charge in [-0.15, -0.1) is 0 Å². The van der Waals surface area contributed by atoms with Crippen molar-refractivity contribution in [1.82, 2.24) is 4.90 Å². The van der Waals surface area contributed by atoms with Crippen LogP contribution in [0.25, 0.3) is 0 Å². The lowest BCUT2D eigenvalue weighted by Gasteiger charge is -2.12. The van der Waals surface area contributed by atoms with Crippen LogP contribution in [0.1, 0.15) is 26.7 Å². The van der Waals surface area contributed by atoms with Crippen molar-refractivity contribution in [2.24, 2.45) is 5.92 Å². The first-order valence-corrected chi connectivity index (χ1v) is 4.05. The van der Waals surface area contributed by atoms with E-state index in [1.165, 1.54) is 32.5 Å². The fraction of sp³-hybridized carbons (Fsp3) is 1.00. The summed E-state index contributed by atoms with van der Waals surface area (Å²) >= 11 is 0. The molecule has 1 saturated heterocycles. The molecule has 0 aromatic carbocycles. The molecule has 0 amide bonds. The molecule has 0 aliphatic carbocycles. The molecule has 0 spiro atoms. The second-order valence-corrected chi connectivity index (χ2v) is 3.19. The van der Waals surface area contributed by atoms with Gasteiger partial charge in [-0.25, -0.2) is 0 Å². The van der Waals surface area contributed by atoms with Crippen LogP contribution in [0.5, 0.6) is 0 Å². The van der Waals surface area contributed by atoms with Gasteiger partial charge in [0.15, 0.2) is 0 Å². The third-order valence-corrected chi connectivity index (χ3v) is 2.05. The topological polar surface area (TPSA) is 3.24 Å². The van der Waals surface area contributed by atoms with Crippen LogP contribution in [0, 0.1) is 5.92 Å². The molecule has 0 N–H and O–H groups in total. The first kappa shape index (κ1) is 7.07. The SMILES string of the molecule is CCCN1CC[C@H](C)C1. The molecule has 0 unspecified atom stereocenters. The van der Waals surface area contributed by atoms with E-state index < -0.39 is 0 Å². The van der Waals surface area contributed by atoms with Gasteiger partial charge in [0.1, 0.15) is 0 Å². The summed E-state index contributed by atoms with van der Waals surface area (Å²) in [6, 6.07) is 0. The van der Waals surface area contributed by atoms with Crippen molar-refractivity contribution in [2.45, 2.75) is 26.7 Å². The molecule has 54 valence electrons. The van der Waals surface area contributed by atoms with E-state index in [0.717, 1.165) is 5.92 Å². The first-order chi connectivity index (χ1) is 4.33. The highest BCUT2D eigenvalue weighted by molar-refractivity contribution is 4.70. The van der Waals surface area contributed by atoms with E-state index in [1.807, 2.05) is 0 Å². The smallest absolute Gasteiger partial charge is 0.000749 e. The Balaban J connectivity index is 2.14. The van der Waals surface area contributed by atoms with Gasteiger partial charge in [0, 0.05) is 6.54 Å². The monoisotopic (exact) mass is 127 g/mol. The van der Waals surface area contributed by atoms with Crippen molar-refractivity contribution in [3.8, 4) is 0 Å². The van der Waals surface area contributed by atoms with Gasteiger partial charge >= 0.3 is 0 Å². The third-order valence-electron chi connectivity index (χ3n) is 2.05. The van der Waals surface area contributed by atoms with Crippen molar-refractivity contribution in [3.05, 3.63) is 0 Å². The average Bonchev–Trinajstić information content (AvgIpc) is 2.17. The van der Waals surface area contributed by atoms with Crippen LogP contribution >= 0.6 is 0 Å². The molecule has 1 aliphatic heterocycles. The molecule has 0 aromatic heterocycles. The maximum atomic E-state index is 2.56. The van der Waals surface area contributed by atoms with Gasteiger partial charge in [-0.3, -0.25) is 0 Å². The zero-order valence-electron chi connectivity index (χ0n) is 6.56. The van der Waals surface area contributed by atoms with E-state index in [4.69, 9.17) is 0 Å². The third kappa shape index (κ3) is 1.98. The molecule has 9 heavy (non-hydrogen) atoms. The Labute approximate surface area is 58.0 Å². The van der Waals surface area contributed by atoms with Gasteiger partial charge in [0.2, 0.25) is 0 Å². The summed E-state index contributed by atoms with van der Waals surface area (Å²) in [7, 11) is 0. The van der Waals surface area contributed by atoms with E-state index in [-0.39, 0.29) is 0 Å². The molecular weight excluding hydrogens is 110 g/mol. The van der Waals surface area contributed by atoms with Crippen molar-refractivity contribution < 1.29 is 0 Å². The normalized spacial score (nSPS) is 29.3. The van der Waals surface area contributed by atoms with Crippen LogP contribution in [0.2, 0.25) is 0 Å². The maximum absolute atomic E-state index is 2.56. The van der Waals surface area contributed by atoms with Crippen LogP contribution in [0.3, 0.4) is 0 Å². The Kier molecular flexibility index (Phi) is 2.52. The Morgan fingerprint density at radius 2 is 2.33 bits per heavy atom. The molecule has 1 nitrogen and oxygen atoms in total.